The summed E-state index contributed by atoms with van der Waals surface area (Å²) in [5.74, 6) is 0.259. The molecule has 0 amide bonds. The predicted octanol–water partition coefficient (Wildman–Crippen LogP) is 3.77. The summed E-state index contributed by atoms with van der Waals surface area (Å²) in [6.07, 6.45) is 1.93. The fraction of sp³-hybridized carbons (Fsp3) is 0.400. The van der Waals surface area contributed by atoms with Crippen LogP contribution in [0.15, 0.2) is 30.4 Å². The Hall–Kier alpha value is -1.37. The fourth-order valence-corrected chi connectivity index (χ4v) is 1.61. The Morgan fingerprint density at radius 1 is 1.25 bits per heavy atom. The van der Waals surface area contributed by atoms with Gasteiger partial charge < -0.3 is 0 Å². The monoisotopic (exact) mass is 216 g/mol. The lowest BCUT2D eigenvalue weighted by atomic mass is 9.99. The van der Waals surface area contributed by atoms with E-state index in [-0.39, 0.29) is 5.78 Å². The van der Waals surface area contributed by atoms with Crippen molar-refractivity contribution in [2.75, 3.05) is 0 Å². The Morgan fingerprint density at radius 2 is 1.94 bits per heavy atom. The van der Waals surface area contributed by atoms with Crippen LogP contribution in [0.5, 0.6) is 0 Å². The van der Waals surface area contributed by atoms with Gasteiger partial charge in [0.15, 0.2) is 0 Å². The van der Waals surface area contributed by atoms with Gasteiger partial charge in [0.2, 0.25) is 0 Å². The molecule has 1 nitrogen and oxygen atoms in total. The summed E-state index contributed by atoms with van der Waals surface area (Å²) in [4.78, 5) is 11.7. The molecule has 1 aromatic rings. The minimum atomic E-state index is 0.259. The van der Waals surface area contributed by atoms with Crippen LogP contribution in [-0.4, -0.2) is 5.78 Å². The van der Waals surface area contributed by atoms with E-state index in [2.05, 4.69) is 32.6 Å². The summed E-state index contributed by atoms with van der Waals surface area (Å²) in [5.41, 5.74) is 4.65. The molecule has 0 aromatic heterocycles. The Balaban J connectivity index is 2.63. The maximum absolute atomic E-state index is 11.7. The van der Waals surface area contributed by atoms with Crippen LogP contribution in [0.2, 0.25) is 0 Å². The Kier molecular flexibility index (Phi) is 4.48. The number of ketones is 1. The topological polar surface area (TPSA) is 17.1 Å². The lowest BCUT2D eigenvalue weighted by molar-refractivity contribution is -0.117. The average Bonchev–Trinajstić information content (AvgIpc) is 2.23. The number of Topliss-reactive ketones (excluding diaryl/α,β-unsaturated/α-hetero) is 1. The first-order valence-corrected chi connectivity index (χ1v) is 5.77. The predicted molar refractivity (Wildman–Crippen MR) is 68.7 cm³/mol. The van der Waals surface area contributed by atoms with E-state index in [4.69, 9.17) is 0 Å². The van der Waals surface area contributed by atoms with E-state index in [1.807, 2.05) is 13.0 Å². The highest BCUT2D eigenvalue weighted by Crippen LogP contribution is 2.12. The van der Waals surface area contributed by atoms with E-state index < -0.39 is 0 Å². The summed E-state index contributed by atoms with van der Waals surface area (Å²) < 4.78 is 0. The van der Waals surface area contributed by atoms with Crippen molar-refractivity contribution in [1.82, 2.24) is 0 Å². The molecule has 16 heavy (non-hydrogen) atoms. The molecule has 0 N–H and O–H groups in total. The molecule has 0 bridgehead atoms. The number of allylic oxidation sites excluding steroid dienone is 1. The molecule has 1 aromatic carbocycles. The van der Waals surface area contributed by atoms with Crippen LogP contribution in [0.1, 0.15) is 36.5 Å². The number of hydrogen-bond acceptors (Lipinski definition) is 1. The minimum Gasteiger partial charge on any atom is -0.299 e. The van der Waals surface area contributed by atoms with E-state index in [0.29, 0.717) is 12.8 Å². The maximum Gasteiger partial charge on any atom is 0.141 e. The Labute approximate surface area is 98.2 Å². The highest BCUT2D eigenvalue weighted by molar-refractivity contribution is 5.83. The van der Waals surface area contributed by atoms with E-state index in [1.165, 1.54) is 11.1 Å². The third-order valence-electron chi connectivity index (χ3n) is 2.92. The van der Waals surface area contributed by atoms with Gasteiger partial charge in [-0.15, -0.1) is 0 Å². The number of hydrogen-bond donors (Lipinski definition) is 0. The summed E-state index contributed by atoms with van der Waals surface area (Å²) >= 11 is 0. The molecule has 0 aliphatic rings. The molecule has 0 radical (unpaired) electrons. The SMILES string of the molecule is C=C(CC)CC(=O)Cc1ccc(C)c(C)c1. The molecular formula is C15H20O. The van der Waals surface area contributed by atoms with Crippen LogP contribution in [-0.2, 0) is 11.2 Å². The van der Waals surface area contributed by atoms with Crippen LogP contribution in [0, 0.1) is 13.8 Å². The third-order valence-corrected chi connectivity index (χ3v) is 2.92. The van der Waals surface area contributed by atoms with Gasteiger partial charge in [0.25, 0.3) is 0 Å². The molecule has 0 fully saturated rings. The zero-order valence-electron chi connectivity index (χ0n) is 10.5. The number of rotatable bonds is 5. The van der Waals surface area contributed by atoms with Crippen LogP contribution in [0.4, 0.5) is 0 Å². The quantitative estimate of drug-likeness (QED) is 0.685. The molecule has 0 aliphatic carbocycles. The van der Waals surface area contributed by atoms with Gasteiger partial charge in [0.1, 0.15) is 5.78 Å². The van der Waals surface area contributed by atoms with Crippen molar-refractivity contribution in [3.05, 3.63) is 47.0 Å². The first kappa shape index (κ1) is 12.7. The summed E-state index contributed by atoms with van der Waals surface area (Å²) in [7, 11) is 0. The maximum atomic E-state index is 11.7. The van der Waals surface area contributed by atoms with E-state index in [9.17, 15) is 4.79 Å². The summed E-state index contributed by atoms with van der Waals surface area (Å²) in [5, 5.41) is 0. The van der Waals surface area contributed by atoms with Crippen molar-refractivity contribution in [2.24, 2.45) is 0 Å². The molecule has 1 heteroatoms. The first-order chi connectivity index (χ1) is 7.52. The normalized spacial score (nSPS) is 10.2. The fourth-order valence-electron chi connectivity index (χ4n) is 1.61. The van der Waals surface area contributed by atoms with Crippen LogP contribution in [0.25, 0.3) is 0 Å². The highest BCUT2D eigenvalue weighted by Gasteiger charge is 2.05. The Morgan fingerprint density at radius 3 is 2.50 bits per heavy atom. The molecule has 0 saturated heterocycles. The molecule has 86 valence electrons. The second kappa shape index (κ2) is 5.64. The zero-order chi connectivity index (χ0) is 12.1. The highest BCUT2D eigenvalue weighted by atomic mass is 16.1. The average molecular weight is 216 g/mol. The second-order valence-corrected chi connectivity index (χ2v) is 4.41. The van der Waals surface area contributed by atoms with Crippen molar-refractivity contribution in [3.63, 3.8) is 0 Å². The van der Waals surface area contributed by atoms with Crippen LogP contribution < -0.4 is 0 Å². The molecule has 0 heterocycles. The van der Waals surface area contributed by atoms with Crippen molar-refractivity contribution in [2.45, 2.75) is 40.0 Å². The largest absolute Gasteiger partial charge is 0.299 e. The third kappa shape index (κ3) is 3.65. The molecule has 0 spiro atoms. The van der Waals surface area contributed by atoms with Gasteiger partial charge in [-0.05, 0) is 37.0 Å². The molecule has 0 atom stereocenters. The number of benzene rings is 1. The molecular weight excluding hydrogens is 196 g/mol. The zero-order valence-corrected chi connectivity index (χ0v) is 10.5. The van der Waals surface area contributed by atoms with E-state index in [0.717, 1.165) is 17.6 Å². The van der Waals surface area contributed by atoms with Gasteiger partial charge in [-0.3, -0.25) is 4.79 Å². The minimum absolute atomic E-state index is 0.259. The summed E-state index contributed by atoms with van der Waals surface area (Å²) in [6.45, 7) is 10.1. The number of aryl methyl sites for hydroxylation is 2. The van der Waals surface area contributed by atoms with Gasteiger partial charge >= 0.3 is 0 Å². The van der Waals surface area contributed by atoms with Gasteiger partial charge in [-0.2, -0.15) is 0 Å². The van der Waals surface area contributed by atoms with Gasteiger partial charge in [0.05, 0.1) is 0 Å². The standard InChI is InChI=1S/C15H20O/c1-5-11(2)8-15(16)10-14-7-6-12(3)13(4)9-14/h6-7,9H,2,5,8,10H2,1,3-4H3. The van der Waals surface area contributed by atoms with Crippen LogP contribution >= 0.6 is 0 Å². The van der Waals surface area contributed by atoms with E-state index >= 15 is 0 Å². The number of carbonyl (C=O) groups excluding carboxylic acids is 1. The smallest absolute Gasteiger partial charge is 0.141 e. The first-order valence-electron chi connectivity index (χ1n) is 5.77. The molecule has 0 saturated carbocycles. The van der Waals surface area contributed by atoms with Gasteiger partial charge in [0, 0.05) is 12.8 Å². The van der Waals surface area contributed by atoms with Crippen molar-refractivity contribution >= 4 is 5.78 Å². The van der Waals surface area contributed by atoms with Crippen molar-refractivity contribution < 1.29 is 4.79 Å². The second-order valence-electron chi connectivity index (χ2n) is 4.41. The van der Waals surface area contributed by atoms with Gasteiger partial charge in [-0.1, -0.05) is 37.3 Å². The summed E-state index contributed by atoms with van der Waals surface area (Å²) in [6, 6.07) is 6.21. The lowest BCUT2D eigenvalue weighted by Crippen LogP contribution is -2.04. The van der Waals surface area contributed by atoms with Crippen molar-refractivity contribution in [1.29, 1.82) is 0 Å². The lowest BCUT2D eigenvalue weighted by Gasteiger charge is -2.05. The molecule has 1 rings (SSSR count). The van der Waals surface area contributed by atoms with Gasteiger partial charge in [-0.25, -0.2) is 0 Å². The van der Waals surface area contributed by atoms with Crippen LogP contribution in [0.3, 0.4) is 0 Å². The molecule has 0 unspecified atom stereocenters. The number of carbonyl (C=O) groups is 1. The molecule has 0 aliphatic heterocycles. The Bertz CT molecular complexity index is 402. The van der Waals surface area contributed by atoms with E-state index in [1.54, 1.807) is 0 Å². The van der Waals surface area contributed by atoms with Crippen molar-refractivity contribution in [3.8, 4) is 0 Å².